The molecule has 1 fully saturated rings. The van der Waals surface area contributed by atoms with Gasteiger partial charge in [-0.1, -0.05) is 0 Å². The highest BCUT2D eigenvalue weighted by Gasteiger charge is 2.28. The van der Waals surface area contributed by atoms with Gasteiger partial charge in [-0.25, -0.2) is 0 Å². The molecule has 1 aromatic heterocycles. The maximum atomic E-state index is 12.5. The van der Waals surface area contributed by atoms with Crippen LogP contribution in [-0.4, -0.2) is 53.3 Å². The van der Waals surface area contributed by atoms with Gasteiger partial charge in [-0.15, -0.1) is 0 Å². The summed E-state index contributed by atoms with van der Waals surface area (Å²) < 4.78 is 0. The Morgan fingerprint density at radius 1 is 1.38 bits per heavy atom. The lowest BCUT2D eigenvalue weighted by Crippen LogP contribution is -2.45. The number of carbonyl (C=O) groups excluding carboxylic acids is 2. The minimum Gasteiger partial charge on any atom is -0.345 e. The van der Waals surface area contributed by atoms with Crippen LogP contribution in [0.15, 0.2) is 24.5 Å². The van der Waals surface area contributed by atoms with E-state index in [0.29, 0.717) is 13.1 Å². The van der Waals surface area contributed by atoms with Gasteiger partial charge in [0.15, 0.2) is 0 Å². The smallest absolute Gasteiger partial charge is 0.227 e. The molecule has 1 atom stereocenters. The molecule has 1 saturated heterocycles. The number of pyridine rings is 1. The molecule has 5 nitrogen and oxygen atoms in total. The Kier molecular flexibility index (Phi) is 5.31. The van der Waals surface area contributed by atoms with E-state index in [9.17, 15) is 9.59 Å². The van der Waals surface area contributed by atoms with E-state index >= 15 is 0 Å². The molecule has 1 unspecified atom stereocenters. The fourth-order valence-corrected chi connectivity index (χ4v) is 2.73. The molecule has 0 spiro atoms. The van der Waals surface area contributed by atoms with Gasteiger partial charge in [-0.05, 0) is 37.0 Å². The first kappa shape index (κ1) is 15.5. The summed E-state index contributed by atoms with van der Waals surface area (Å²) in [6.07, 6.45) is 6.15. The molecule has 0 radical (unpaired) electrons. The number of likely N-dealkylation sites (tertiary alicyclic amines) is 1. The van der Waals surface area contributed by atoms with E-state index < -0.39 is 0 Å². The topological polar surface area (TPSA) is 53.5 Å². The fourth-order valence-electron chi connectivity index (χ4n) is 2.73. The van der Waals surface area contributed by atoms with Crippen LogP contribution in [0.5, 0.6) is 0 Å². The highest BCUT2D eigenvalue weighted by molar-refractivity contribution is 5.80. The predicted octanol–water partition coefficient (Wildman–Crippen LogP) is 1.34. The second kappa shape index (κ2) is 7.20. The number of rotatable bonds is 4. The number of piperidine rings is 1. The normalized spacial score (nSPS) is 18.4. The molecular formula is C16H23N3O2. The molecule has 2 rings (SSSR count). The van der Waals surface area contributed by atoms with Crippen molar-refractivity contribution < 1.29 is 9.59 Å². The van der Waals surface area contributed by atoms with Gasteiger partial charge in [0.1, 0.15) is 0 Å². The van der Waals surface area contributed by atoms with Gasteiger partial charge in [0.2, 0.25) is 11.8 Å². The number of nitrogens with zero attached hydrogens (tertiary/aromatic N) is 3. The molecule has 21 heavy (non-hydrogen) atoms. The number of aromatic nitrogens is 1. The van der Waals surface area contributed by atoms with Crippen molar-refractivity contribution in [3.05, 3.63) is 30.1 Å². The largest absolute Gasteiger partial charge is 0.345 e. The van der Waals surface area contributed by atoms with E-state index in [0.717, 1.165) is 25.8 Å². The summed E-state index contributed by atoms with van der Waals surface area (Å²) in [5.74, 6) is 0.159. The maximum Gasteiger partial charge on any atom is 0.227 e. The Morgan fingerprint density at radius 2 is 2.10 bits per heavy atom. The quantitative estimate of drug-likeness (QED) is 0.840. The Morgan fingerprint density at radius 3 is 2.76 bits per heavy atom. The van der Waals surface area contributed by atoms with Gasteiger partial charge in [-0.2, -0.15) is 0 Å². The summed E-state index contributed by atoms with van der Waals surface area (Å²) in [5, 5.41) is 0. The Labute approximate surface area is 126 Å². The van der Waals surface area contributed by atoms with Crippen molar-refractivity contribution in [3.8, 4) is 0 Å². The average Bonchev–Trinajstić information content (AvgIpc) is 2.53. The van der Waals surface area contributed by atoms with Crippen molar-refractivity contribution in [1.82, 2.24) is 14.8 Å². The van der Waals surface area contributed by atoms with E-state index in [-0.39, 0.29) is 17.7 Å². The van der Waals surface area contributed by atoms with Crippen molar-refractivity contribution >= 4 is 11.8 Å². The summed E-state index contributed by atoms with van der Waals surface area (Å²) in [7, 11) is 1.84. The summed E-state index contributed by atoms with van der Waals surface area (Å²) in [4.78, 5) is 31.5. The van der Waals surface area contributed by atoms with Gasteiger partial charge in [0, 0.05) is 46.0 Å². The number of hydrogen-bond acceptors (Lipinski definition) is 3. The first-order chi connectivity index (χ1) is 10.1. The van der Waals surface area contributed by atoms with Gasteiger partial charge >= 0.3 is 0 Å². The minimum atomic E-state index is -0.0508. The summed E-state index contributed by atoms with van der Waals surface area (Å²) >= 11 is 0. The second-order valence-electron chi connectivity index (χ2n) is 5.67. The third-order valence-corrected chi connectivity index (χ3v) is 4.08. The predicted molar refractivity (Wildman–Crippen MR) is 80.6 cm³/mol. The molecule has 2 heterocycles. The summed E-state index contributed by atoms with van der Waals surface area (Å²) in [5.41, 5.74) is 1.18. The standard InChI is InChI=1S/C16H23N3O2/c1-13(20)19-10-3-4-15(12-19)16(21)18(2)11-7-14-5-8-17-9-6-14/h5-6,8-9,15H,3-4,7,10-12H2,1-2H3. The van der Waals surface area contributed by atoms with Crippen LogP contribution in [0.4, 0.5) is 0 Å². The van der Waals surface area contributed by atoms with Gasteiger partial charge in [0.25, 0.3) is 0 Å². The third kappa shape index (κ3) is 4.28. The van der Waals surface area contributed by atoms with Crippen molar-refractivity contribution in [2.45, 2.75) is 26.2 Å². The highest BCUT2D eigenvalue weighted by atomic mass is 16.2. The van der Waals surface area contributed by atoms with Crippen LogP contribution in [0.25, 0.3) is 0 Å². The summed E-state index contributed by atoms with van der Waals surface area (Å²) in [6, 6.07) is 3.94. The first-order valence-corrected chi connectivity index (χ1v) is 7.47. The SMILES string of the molecule is CC(=O)N1CCCC(C(=O)N(C)CCc2ccncc2)C1. The molecule has 0 N–H and O–H groups in total. The van der Waals surface area contributed by atoms with Gasteiger partial charge in [-0.3, -0.25) is 14.6 Å². The van der Waals surface area contributed by atoms with Gasteiger partial charge in [0.05, 0.1) is 5.92 Å². The van der Waals surface area contributed by atoms with Crippen molar-refractivity contribution in [2.24, 2.45) is 5.92 Å². The van der Waals surface area contributed by atoms with Crippen LogP contribution in [0, 0.1) is 5.92 Å². The number of carbonyl (C=O) groups is 2. The number of amides is 2. The molecule has 0 saturated carbocycles. The van der Waals surface area contributed by atoms with E-state index in [1.54, 1.807) is 29.1 Å². The lowest BCUT2D eigenvalue weighted by molar-refractivity contribution is -0.139. The first-order valence-electron chi connectivity index (χ1n) is 7.47. The van der Waals surface area contributed by atoms with E-state index in [2.05, 4.69) is 4.98 Å². The van der Waals surface area contributed by atoms with Crippen molar-refractivity contribution in [2.75, 3.05) is 26.7 Å². The molecule has 0 bridgehead atoms. The zero-order valence-corrected chi connectivity index (χ0v) is 12.8. The minimum absolute atomic E-state index is 0.0508. The molecule has 114 valence electrons. The van der Waals surface area contributed by atoms with E-state index in [1.807, 2.05) is 19.2 Å². The van der Waals surface area contributed by atoms with Crippen LogP contribution >= 0.6 is 0 Å². The van der Waals surface area contributed by atoms with E-state index in [4.69, 9.17) is 0 Å². The Hall–Kier alpha value is -1.91. The van der Waals surface area contributed by atoms with Crippen LogP contribution in [-0.2, 0) is 16.0 Å². The zero-order chi connectivity index (χ0) is 15.2. The highest BCUT2D eigenvalue weighted by Crippen LogP contribution is 2.18. The average molecular weight is 289 g/mol. The van der Waals surface area contributed by atoms with Crippen LogP contribution in [0.1, 0.15) is 25.3 Å². The van der Waals surface area contributed by atoms with Crippen molar-refractivity contribution in [1.29, 1.82) is 0 Å². The van der Waals surface area contributed by atoms with E-state index in [1.165, 1.54) is 5.56 Å². The maximum absolute atomic E-state index is 12.5. The van der Waals surface area contributed by atoms with Crippen molar-refractivity contribution in [3.63, 3.8) is 0 Å². The molecule has 2 amide bonds. The van der Waals surface area contributed by atoms with Crippen LogP contribution < -0.4 is 0 Å². The molecule has 1 aliphatic heterocycles. The molecule has 1 aromatic rings. The number of likely N-dealkylation sites (N-methyl/N-ethyl adjacent to an activating group) is 1. The molecule has 0 aromatic carbocycles. The second-order valence-corrected chi connectivity index (χ2v) is 5.67. The lowest BCUT2D eigenvalue weighted by Gasteiger charge is -2.33. The third-order valence-electron chi connectivity index (χ3n) is 4.08. The Bertz CT molecular complexity index is 490. The number of hydrogen-bond donors (Lipinski definition) is 0. The lowest BCUT2D eigenvalue weighted by atomic mass is 9.96. The monoisotopic (exact) mass is 289 g/mol. The Balaban J connectivity index is 1.85. The molecule has 0 aliphatic carbocycles. The zero-order valence-electron chi connectivity index (χ0n) is 12.8. The van der Waals surface area contributed by atoms with Gasteiger partial charge < -0.3 is 9.80 Å². The fraction of sp³-hybridized carbons (Fsp3) is 0.562. The summed E-state index contributed by atoms with van der Waals surface area (Å²) in [6.45, 7) is 3.60. The van der Waals surface area contributed by atoms with Crippen LogP contribution in [0.2, 0.25) is 0 Å². The molecule has 1 aliphatic rings. The molecule has 5 heteroatoms. The van der Waals surface area contributed by atoms with Crippen LogP contribution in [0.3, 0.4) is 0 Å². The molecular weight excluding hydrogens is 266 g/mol.